The number of carbonyl (C=O) groups is 1. The van der Waals surface area contributed by atoms with Gasteiger partial charge in [0.15, 0.2) is 0 Å². The standard InChI is InChI=1S/C20H16F3N3O3S/c21-20(22,23)17-11-4-5-12-18(17)30(28,29)26-16-10-6-9-15(13-16)25-19(27)24-14-7-2-1-3-8-14/h1-13,26H,(H2,24,25,27). The van der Waals surface area contributed by atoms with Crippen LogP contribution in [-0.2, 0) is 16.2 Å². The Morgan fingerprint density at radius 2 is 1.30 bits per heavy atom. The fourth-order valence-corrected chi connectivity index (χ4v) is 3.90. The molecule has 0 saturated heterocycles. The number of sulfonamides is 1. The van der Waals surface area contributed by atoms with E-state index in [1.165, 1.54) is 30.3 Å². The number of carbonyl (C=O) groups excluding carboxylic acids is 1. The monoisotopic (exact) mass is 435 g/mol. The van der Waals surface area contributed by atoms with Crippen LogP contribution in [0.3, 0.4) is 0 Å². The van der Waals surface area contributed by atoms with Gasteiger partial charge in [-0.25, -0.2) is 13.2 Å². The Bertz CT molecular complexity index is 1150. The normalized spacial score (nSPS) is 11.6. The average molecular weight is 435 g/mol. The maximum atomic E-state index is 13.2. The molecule has 0 fully saturated rings. The Balaban J connectivity index is 1.78. The zero-order valence-corrected chi connectivity index (χ0v) is 16.1. The van der Waals surface area contributed by atoms with E-state index in [9.17, 15) is 26.4 Å². The molecule has 0 heterocycles. The van der Waals surface area contributed by atoms with E-state index in [4.69, 9.17) is 0 Å². The number of halogens is 3. The summed E-state index contributed by atoms with van der Waals surface area (Å²) < 4.78 is 66.6. The summed E-state index contributed by atoms with van der Waals surface area (Å²) in [7, 11) is -4.52. The van der Waals surface area contributed by atoms with Crippen molar-refractivity contribution in [1.29, 1.82) is 0 Å². The maximum Gasteiger partial charge on any atom is 0.417 e. The van der Waals surface area contributed by atoms with Gasteiger partial charge in [0.25, 0.3) is 10.0 Å². The van der Waals surface area contributed by atoms with E-state index in [1.54, 1.807) is 30.3 Å². The van der Waals surface area contributed by atoms with E-state index >= 15 is 0 Å². The molecule has 0 radical (unpaired) electrons. The van der Waals surface area contributed by atoms with Crippen molar-refractivity contribution in [2.24, 2.45) is 0 Å². The number of para-hydroxylation sites is 1. The molecule has 0 aliphatic heterocycles. The van der Waals surface area contributed by atoms with Gasteiger partial charge in [0, 0.05) is 11.4 Å². The fraction of sp³-hybridized carbons (Fsp3) is 0.0500. The van der Waals surface area contributed by atoms with E-state index in [1.807, 2.05) is 0 Å². The van der Waals surface area contributed by atoms with Gasteiger partial charge >= 0.3 is 12.2 Å². The minimum Gasteiger partial charge on any atom is -0.308 e. The zero-order chi connectivity index (χ0) is 21.8. The minimum absolute atomic E-state index is 0.00973. The number of alkyl halides is 3. The molecule has 3 aromatic carbocycles. The van der Waals surface area contributed by atoms with Crippen molar-refractivity contribution < 1.29 is 26.4 Å². The largest absolute Gasteiger partial charge is 0.417 e. The molecule has 6 nitrogen and oxygen atoms in total. The van der Waals surface area contributed by atoms with Crippen LogP contribution >= 0.6 is 0 Å². The Kier molecular flexibility index (Phi) is 5.97. The summed E-state index contributed by atoms with van der Waals surface area (Å²) in [6.45, 7) is 0. The number of hydrogen-bond donors (Lipinski definition) is 3. The van der Waals surface area contributed by atoms with Crippen LogP contribution in [0.2, 0.25) is 0 Å². The molecule has 0 saturated carbocycles. The third-order valence-electron chi connectivity index (χ3n) is 3.89. The summed E-state index contributed by atoms with van der Waals surface area (Å²) in [5.74, 6) is 0. The lowest BCUT2D eigenvalue weighted by atomic mass is 10.2. The predicted molar refractivity (Wildman–Crippen MR) is 108 cm³/mol. The van der Waals surface area contributed by atoms with Crippen molar-refractivity contribution in [1.82, 2.24) is 0 Å². The first kappa shape index (κ1) is 21.2. The number of amides is 2. The van der Waals surface area contributed by atoms with Crippen molar-refractivity contribution in [2.75, 3.05) is 15.4 Å². The van der Waals surface area contributed by atoms with E-state index in [-0.39, 0.29) is 11.4 Å². The highest BCUT2D eigenvalue weighted by Crippen LogP contribution is 2.34. The van der Waals surface area contributed by atoms with E-state index in [0.29, 0.717) is 11.8 Å². The lowest BCUT2D eigenvalue weighted by Gasteiger charge is -2.15. The van der Waals surface area contributed by atoms with Gasteiger partial charge in [0.05, 0.1) is 16.1 Å². The molecular formula is C20H16F3N3O3S. The quantitative estimate of drug-likeness (QED) is 0.518. The molecule has 0 bridgehead atoms. The Labute approximate surface area is 170 Å². The maximum absolute atomic E-state index is 13.2. The van der Waals surface area contributed by atoms with Gasteiger partial charge in [-0.05, 0) is 42.5 Å². The van der Waals surface area contributed by atoms with Crippen LogP contribution in [0.1, 0.15) is 5.56 Å². The lowest BCUT2D eigenvalue weighted by molar-refractivity contribution is -0.139. The molecule has 156 valence electrons. The van der Waals surface area contributed by atoms with Gasteiger partial charge in [-0.2, -0.15) is 13.2 Å². The summed E-state index contributed by atoms with van der Waals surface area (Å²) in [5.41, 5.74) is -0.484. The van der Waals surface area contributed by atoms with Crippen LogP contribution in [-0.4, -0.2) is 14.4 Å². The second kappa shape index (κ2) is 8.46. The number of hydrogen-bond acceptors (Lipinski definition) is 3. The molecule has 0 aliphatic carbocycles. The molecule has 2 amide bonds. The number of nitrogens with one attached hydrogen (secondary N) is 3. The van der Waals surface area contributed by atoms with Crippen LogP contribution in [0.15, 0.2) is 83.8 Å². The second-order valence-corrected chi connectivity index (χ2v) is 7.78. The molecule has 3 rings (SSSR count). The molecule has 0 aliphatic rings. The van der Waals surface area contributed by atoms with Crippen LogP contribution in [0.25, 0.3) is 0 Å². The summed E-state index contributed by atoms with van der Waals surface area (Å²) in [6.07, 6.45) is -4.83. The highest BCUT2D eigenvalue weighted by atomic mass is 32.2. The molecule has 0 spiro atoms. The number of anilines is 3. The topological polar surface area (TPSA) is 87.3 Å². The van der Waals surface area contributed by atoms with Crippen LogP contribution in [0.4, 0.5) is 35.0 Å². The fourth-order valence-electron chi connectivity index (χ4n) is 2.62. The van der Waals surface area contributed by atoms with Gasteiger partial charge in [-0.1, -0.05) is 36.4 Å². The molecular weight excluding hydrogens is 419 g/mol. The second-order valence-electron chi connectivity index (χ2n) is 6.13. The van der Waals surface area contributed by atoms with Crippen molar-refractivity contribution in [3.63, 3.8) is 0 Å². The highest BCUT2D eigenvalue weighted by Gasteiger charge is 2.36. The Morgan fingerprint density at radius 3 is 2.00 bits per heavy atom. The van der Waals surface area contributed by atoms with Gasteiger partial charge in [0.1, 0.15) is 0 Å². The third kappa shape index (κ3) is 5.29. The van der Waals surface area contributed by atoms with Crippen LogP contribution < -0.4 is 15.4 Å². The first-order valence-corrected chi connectivity index (χ1v) is 10.1. The van der Waals surface area contributed by atoms with E-state index in [2.05, 4.69) is 15.4 Å². The first-order chi connectivity index (χ1) is 14.1. The number of benzene rings is 3. The molecule has 3 aromatic rings. The summed E-state index contributed by atoms with van der Waals surface area (Å²) in [5, 5.41) is 5.12. The van der Waals surface area contributed by atoms with Gasteiger partial charge < -0.3 is 10.6 Å². The average Bonchev–Trinajstić information content (AvgIpc) is 2.68. The third-order valence-corrected chi connectivity index (χ3v) is 5.33. The van der Waals surface area contributed by atoms with Crippen molar-refractivity contribution in [3.05, 3.63) is 84.4 Å². The molecule has 0 aromatic heterocycles. The van der Waals surface area contributed by atoms with Crippen molar-refractivity contribution >= 4 is 33.1 Å². The summed E-state index contributed by atoms with van der Waals surface area (Å²) in [4.78, 5) is 11.2. The van der Waals surface area contributed by atoms with Crippen molar-refractivity contribution in [3.8, 4) is 0 Å². The van der Waals surface area contributed by atoms with Crippen molar-refractivity contribution in [2.45, 2.75) is 11.1 Å². The molecule has 0 atom stereocenters. The first-order valence-electron chi connectivity index (χ1n) is 8.57. The van der Waals surface area contributed by atoms with Gasteiger partial charge in [-0.3, -0.25) is 4.72 Å². The number of rotatable bonds is 5. The predicted octanol–water partition coefficient (Wildman–Crippen LogP) is 5.15. The number of urea groups is 1. The summed E-state index contributed by atoms with van der Waals surface area (Å²) >= 11 is 0. The van der Waals surface area contributed by atoms with E-state index in [0.717, 1.165) is 12.1 Å². The van der Waals surface area contributed by atoms with Gasteiger partial charge in [-0.15, -0.1) is 0 Å². The smallest absolute Gasteiger partial charge is 0.308 e. The van der Waals surface area contributed by atoms with Crippen LogP contribution in [0.5, 0.6) is 0 Å². The van der Waals surface area contributed by atoms with Crippen LogP contribution in [0, 0.1) is 0 Å². The molecule has 30 heavy (non-hydrogen) atoms. The Morgan fingerprint density at radius 1 is 0.733 bits per heavy atom. The molecule has 0 unspecified atom stereocenters. The molecule has 3 N–H and O–H groups in total. The lowest BCUT2D eigenvalue weighted by Crippen LogP contribution is -2.20. The molecule has 10 heteroatoms. The summed E-state index contributed by atoms with van der Waals surface area (Å²) in [6, 6.07) is 17.6. The zero-order valence-electron chi connectivity index (χ0n) is 15.3. The van der Waals surface area contributed by atoms with Gasteiger partial charge in [0.2, 0.25) is 0 Å². The highest BCUT2D eigenvalue weighted by molar-refractivity contribution is 7.92. The van der Waals surface area contributed by atoms with E-state index < -0.39 is 32.7 Å². The SMILES string of the molecule is O=C(Nc1ccccc1)Nc1cccc(NS(=O)(=O)c2ccccc2C(F)(F)F)c1. The minimum atomic E-state index is -4.83. The Hall–Kier alpha value is -3.53.